The molecule has 1 aromatic heterocycles. The van der Waals surface area contributed by atoms with Gasteiger partial charge >= 0.3 is 0 Å². The van der Waals surface area contributed by atoms with E-state index in [1.807, 2.05) is 20.1 Å². The predicted molar refractivity (Wildman–Crippen MR) is 68.2 cm³/mol. The molecular weight excluding hydrogens is 246 g/mol. The zero-order valence-corrected chi connectivity index (χ0v) is 11.2. The van der Waals surface area contributed by atoms with Crippen LogP contribution in [0.15, 0.2) is 11.2 Å². The van der Waals surface area contributed by atoms with Crippen molar-refractivity contribution in [3.8, 4) is 0 Å². The SMILES string of the molecule is CSc1nc(Cl)cc(NCC(C)(C)CO)n1. The second-order valence-electron chi connectivity index (χ2n) is 4.24. The first kappa shape index (κ1) is 13.5. The predicted octanol–water partition coefficient (Wildman–Crippen LogP) is 2.28. The van der Waals surface area contributed by atoms with Crippen molar-refractivity contribution < 1.29 is 5.11 Å². The number of hydrogen-bond acceptors (Lipinski definition) is 5. The van der Waals surface area contributed by atoms with E-state index in [-0.39, 0.29) is 12.0 Å². The topological polar surface area (TPSA) is 58.0 Å². The molecule has 0 amide bonds. The Morgan fingerprint density at radius 1 is 1.50 bits per heavy atom. The minimum absolute atomic E-state index is 0.119. The van der Waals surface area contributed by atoms with E-state index < -0.39 is 0 Å². The number of aliphatic hydroxyl groups is 1. The molecule has 0 aromatic carbocycles. The molecule has 0 aliphatic carbocycles. The van der Waals surface area contributed by atoms with Gasteiger partial charge in [0.25, 0.3) is 0 Å². The maximum Gasteiger partial charge on any atom is 0.190 e. The molecule has 0 atom stereocenters. The number of aromatic nitrogens is 2. The van der Waals surface area contributed by atoms with Gasteiger partial charge in [-0.3, -0.25) is 0 Å². The molecule has 0 saturated carbocycles. The number of rotatable bonds is 5. The van der Waals surface area contributed by atoms with Crippen LogP contribution in [-0.2, 0) is 0 Å². The van der Waals surface area contributed by atoms with E-state index in [0.29, 0.717) is 22.7 Å². The minimum atomic E-state index is -0.184. The van der Waals surface area contributed by atoms with Crippen LogP contribution in [0, 0.1) is 5.41 Å². The molecule has 0 spiro atoms. The van der Waals surface area contributed by atoms with Crippen LogP contribution in [0.5, 0.6) is 0 Å². The molecule has 0 radical (unpaired) electrons. The van der Waals surface area contributed by atoms with Crippen molar-refractivity contribution in [2.45, 2.75) is 19.0 Å². The zero-order chi connectivity index (χ0) is 12.2. The van der Waals surface area contributed by atoms with Crippen LogP contribution in [-0.4, -0.2) is 34.5 Å². The number of thioether (sulfide) groups is 1. The lowest BCUT2D eigenvalue weighted by Gasteiger charge is -2.22. The average molecular weight is 262 g/mol. The number of aliphatic hydroxyl groups excluding tert-OH is 1. The maximum absolute atomic E-state index is 9.12. The maximum atomic E-state index is 9.12. The van der Waals surface area contributed by atoms with E-state index in [2.05, 4.69) is 15.3 Å². The van der Waals surface area contributed by atoms with Crippen molar-refractivity contribution in [2.24, 2.45) is 5.41 Å². The summed E-state index contributed by atoms with van der Waals surface area (Å²) in [4.78, 5) is 8.31. The molecule has 0 saturated heterocycles. The monoisotopic (exact) mass is 261 g/mol. The van der Waals surface area contributed by atoms with E-state index in [9.17, 15) is 0 Å². The summed E-state index contributed by atoms with van der Waals surface area (Å²) >= 11 is 7.30. The fourth-order valence-corrected chi connectivity index (χ4v) is 1.58. The average Bonchev–Trinajstić information content (AvgIpc) is 2.26. The molecule has 0 unspecified atom stereocenters. The van der Waals surface area contributed by atoms with E-state index >= 15 is 0 Å². The molecular formula is C10H16ClN3OS. The lowest BCUT2D eigenvalue weighted by atomic mass is 9.95. The fourth-order valence-electron chi connectivity index (χ4n) is 0.964. The lowest BCUT2D eigenvalue weighted by molar-refractivity contribution is 0.170. The van der Waals surface area contributed by atoms with Gasteiger partial charge in [0.15, 0.2) is 5.16 Å². The third-order valence-electron chi connectivity index (χ3n) is 2.03. The van der Waals surface area contributed by atoms with Gasteiger partial charge in [0, 0.05) is 24.6 Å². The van der Waals surface area contributed by atoms with Gasteiger partial charge in [0.05, 0.1) is 0 Å². The van der Waals surface area contributed by atoms with Crippen LogP contribution in [0.1, 0.15) is 13.8 Å². The van der Waals surface area contributed by atoms with Gasteiger partial charge in [0.2, 0.25) is 0 Å². The molecule has 0 aliphatic heterocycles. The molecule has 16 heavy (non-hydrogen) atoms. The van der Waals surface area contributed by atoms with Crippen LogP contribution < -0.4 is 5.32 Å². The second kappa shape index (κ2) is 5.70. The normalized spacial score (nSPS) is 11.6. The van der Waals surface area contributed by atoms with Crippen molar-refractivity contribution in [3.63, 3.8) is 0 Å². The van der Waals surface area contributed by atoms with Gasteiger partial charge < -0.3 is 10.4 Å². The van der Waals surface area contributed by atoms with Crippen LogP contribution in [0.25, 0.3) is 0 Å². The number of anilines is 1. The van der Waals surface area contributed by atoms with E-state index in [0.717, 1.165) is 0 Å². The summed E-state index contributed by atoms with van der Waals surface area (Å²) in [6.07, 6.45) is 1.90. The lowest BCUT2D eigenvalue weighted by Crippen LogP contribution is -2.27. The van der Waals surface area contributed by atoms with Crippen molar-refractivity contribution in [3.05, 3.63) is 11.2 Å². The Kier molecular flexibility index (Phi) is 4.83. The number of halogens is 1. The van der Waals surface area contributed by atoms with E-state index in [1.54, 1.807) is 6.07 Å². The van der Waals surface area contributed by atoms with Crippen LogP contribution >= 0.6 is 23.4 Å². The Hall–Kier alpha value is -0.520. The number of nitrogens with zero attached hydrogens (tertiary/aromatic N) is 2. The summed E-state index contributed by atoms with van der Waals surface area (Å²) in [6, 6.07) is 1.68. The number of nitrogens with one attached hydrogen (secondary N) is 1. The minimum Gasteiger partial charge on any atom is -0.396 e. The molecule has 2 N–H and O–H groups in total. The number of hydrogen-bond donors (Lipinski definition) is 2. The molecule has 1 aromatic rings. The highest BCUT2D eigenvalue weighted by molar-refractivity contribution is 7.98. The third-order valence-corrected chi connectivity index (χ3v) is 2.77. The standard InChI is InChI=1S/C10H16ClN3OS/c1-10(2,6-15)5-12-8-4-7(11)13-9(14-8)16-3/h4,15H,5-6H2,1-3H3,(H,12,13,14). The Morgan fingerprint density at radius 3 is 2.75 bits per heavy atom. The first-order valence-electron chi connectivity index (χ1n) is 4.90. The van der Waals surface area contributed by atoms with Gasteiger partial charge in [-0.2, -0.15) is 0 Å². The largest absolute Gasteiger partial charge is 0.396 e. The molecule has 4 nitrogen and oxygen atoms in total. The highest BCUT2D eigenvalue weighted by Gasteiger charge is 2.16. The van der Waals surface area contributed by atoms with E-state index in [4.69, 9.17) is 16.7 Å². The summed E-state index contributed by atoms with van der Waals surface area (Å²) in [5, 5.41) is 13.3. The summed E-state index contributed by atoms with van der Waals surface area (Å²) in [7, 11) is 0. The van der Waals surface area contributed by atoms with Gasteiger partial charge in [-0.25, -0.2) is 9.97 Å². The molecule has 0 aliphatic rings. The zero-order valence-electron chi connectivity index (χ0n) is 9.62. The second-order valence-corrected chi connectivity index (χ2v) is 5.40. The Bertz CT molecular complexity index is 360. The van der Waals surface area contributed by atoms with Gasteiger partial charge in [-0.1, -0.05) is 37.2 Å². The van der Waals surface area contributed by atoms with Crippen molar-refractivity contribution in [2.75, 3.05) is 24.7 Å². The van der Waals surface area contributed by atoms with Crippen molar-refractivity contribution in [1.29, 1.82) is 0 Å². The third kappa shape index (κ3) is 4.15. The smallest absolute Gasteiger partial charge is 0.190 e. The fraction of sp³-hybridized carbons (Fsp3) is 0.600. The van der Waals surface area contributed by atoms with Crippen molar-refractivity contribution in [1.82, 2.24) is 9.97 Å². The summed E-state index contributed by atoms with van der Waals surface area (Å²) in [6.45, 7) is 4.69. The highest BCUT2D eigenvalue weighted by Crippen LogP contribution is 2.19. The van der Waals surface area contributed by atoms with Gasteiger partial charge in [0.1, 0.15) is 11.0 Å². The molecule has 6 heteroatoms. The van der Waals surface area contributed by atoms with Crippen LogP contribution in [0.2, 0.25) is 5.15 Å². The summed E-state index contributed by atoms with van der Waals surface area (Å²) in [5.74, 6) is 0.686. The van der Waals surface area contributed by atoms with Gasteiger partial charge in [-0.15, -0.1) is 0 Å². The summed E-state index contributed by atoms with van der Waals surface area (Å²) < 4.78 is 0. The van der Waals surface area contributed by atoms with E-state index in [1.165, 1.54) is 11.8 Å². The molecule has 1 rings (SSSR count). The van der Waals surface area contributed by atoms with Crippen LogP contribution in [0.4, 0.5) is 5.82 Å². The van der Waals surface area contributed by atoms with Crippen LogP contribution in [0.3, 0.4) is 0 Å². The molecule has 1 heterocycles. The molecule has 0 bridgehead atoms. The highest BCUT2D eigenvalue weighted by atomic mass is 35.5. The first-order valence-corrected chi connectivity index (χ1v) is 6.50. The Labute approximate surface area is 105 Å². The first-order chi connectivity index (χ1) is 7.46. The summed E-state index contributed by atoms with van der Waals surface area (Å²) in [5.41, 5.74) is -0.184. The quantitative estimate of drug-likeness (QED) is 0.484. The van der Waals surface area contributed by atoms with Gasteiger partial charge in [-0.05, 0) is 6.26 Å². The molecule has 90 valence electrons. The van der Waals surface area contributed by atoms with Crippen molar-refractivity contribution >= 4 is 29.2 Å². The molecule has 0 fully saturated rings. The Balaban J connectivity index is 2.70. The Morgan fingerprint density at radius 2 is 2.19 bits per heavy atom.